The summed E-state index contributed by atoms with van der Waals surface area (Å²) in [5, 5.41) is 9.59. The van der Waals surface area contributed by atoms with Crippen molar-refractivity contribution in [3.8, 4) is 0 Å². The average Bonchev–Trinajstić information content (AvgIpc) is 2.29. The zero-order valence-electron chi connectivity index (χ0n) is 10.8. The number of carbonyl (C=O) groups is 1. The second-order valence-electron chi connectivity index (χ2n) is 5.46. The molecule has 0 bridgehead atoms. The Morgan fingerprint density at radius 1 is 1.24 bits per heavy atom. The Bertz CT molecular complexity index is 270. The average molecular weight is 240 g/mol. The Hall–Kier alpha value is -0.610. The fraction of sp³-hybridized carbons (Fsp3) is 0.923. The standard InChI is InChI=1S/C13H24N2O2/c1-11-5-2-3-8-15(11)13(17)10-14-7-4-6-12(16)9-14/h11-12,16H,2-10H2,1H3/t11-,12+/m1/s1. The van der Waals surface area contributed by atoms with Gasteiger partial charge in [-0.15, -0.1) is 0 Å². The van der Waals surface area contributed by atoms with Gasteiger partial charge in [-0.05, 0) is 45.6 Å². The van der Waals surface area contributed by atoms with Gasteiger partial charge in [0.05, 0.1) is 12.6 Å². The largest absolute Gasteiger partial charge is 0.392 e. The number of aliphatic hydroxyl groups excluding tert-OH is 1. The van der Waals surface area contributed by atoms with E-state index in [1.807, 2.05) is 4.90 Å². The fourth-order valence-corrected chi connectivity index (χ4v) is 2.93. The van der Waals surface area contributed by atoms with E-state index in [2.05, 4.69) is 11.8 Å². The van der Waals surface area contributed by atoms with E-state index in [-0.39, 0.29) is 12.0 Å². The smallest absolute Gasteiger partial charge is 0.236 e. The van der Waals surface area contributed by atoms with Gasteiger partial charge in [-0.1, -0.05) is 0 Å². The van der Waals surface area contributed by atoms with E-state index >= 15 is 0 Å². The number of piperidine rings is 2. The summed E-state index contributed by atoms with van der Waals surface area (Å²) in [5.74, 6) is 0.242. The molecule has 0 aromatic carbocycles. The van der Waals surface area contributed by atoms with Crippen molar-refractivity contribution in [3.63, 3.8) is 0 Å². The van der Waals surface area contributed by atoms with E-state index in [9.17, 15) is 9.90 Å². The second-order valence-corrected chi connectivity index (χ2v) is 5.46. The van der Waals surface area contributed by atoms with Gasteiger partial charge in [-0.2, -0.15) is 0 Å². The second kappa shape index (κ2) is 5.83. The fourth-order valence-electron chi connectivity index (χ4n) is 2.93. The molecule has 2 rings (SSSR count). The first-order chi connectivity index (χ1) is 8.16. The third-order valence-corrected chi connectivity index (χ3v) is 3.96. The molecule has 0 unspecified atom stereocenters. The van der Waals surface area contributed by atoms with E-state index in [1.165, 1.54) is 6.42 Å². The lowest BCUT2D eigenvalue weighted by atomic mass is 10.0. The van der Waals surface area contributed by atoms with Crippen LogP contribution in [0.2, 0.25) is 0 Å². The van der Waals surface area contributed by atoms with Gasteiger partial charge >= 0.3 is 0 Å². The lowest BCUT2D eigenvalue weighted by molar-refractivity contribution is -0.136. The van der Waals surface area contributed by atoms with Gasteiger partial charge in [0.2, 0.25) is 5.91 Å². The van der Waals surface area contributed by atoms with Gasteiger partial charge in [0, 0.05) is 19.1 Å². The molecule has 4 heteroatoms. The molecule has 0 aliphatic carbocycles. The lowest BCUT2D eigenvalue weighted by Gasteiger charge is -2.36. The van der Waals surface area contributed by atoms with Crippen LogP contribution >= 0.6 is 0 Å². The molecule has 17 heavy (non-hydrogen) atoms. The molecule has 0 spiro atoms. The molecular weight excluding hydrogens is 216 g/mol. The summed E-state index contributed by atoms with van der Waals surface area (Å²) in [7, 11) is 0. The maximum absolute atomic E-state index is 12.2. The molecule has 98 valence electrons. The Morgan fingerprint density at radius 2 is 2.06 bits per heavy atom. The summed E-state index contributed by atoms with van der Waals surface area (Å²) in [4.78, 5) is 16.3. The first-order valence-electron chi connectivity index (χ1n) is 6.86. The highest BCUT2D eigenvalue weighted by Crippen LogP contribution is 2.17. The van der Waals surface area contributed by atoms with Crippen molar-refractivity contribution in [1.82, 2.24) is 9.80 Å². The highest BCUT2D eigenvalue weighted by Gasteiger charge is 2.26. The number of carbonyl (C=O) groups excluding carboxylic acids is 1. The minimum absolute atomic E-state index is 0.240. The topological polar surface area (TPSA) is 43.8 Å². The SMILES string of the molecule is C[C@@H]1CCCCN1C(=O)CN1CCC[C@H](O)C1. The minimum atomic E-state index is -0.240. The summed E-state index contributed by atoms with van der Waals surface area (Å²) >= 11 is 0. The molecular formula is C13H24N2O2. The van der Waals surface area contributed by atoms with Crippen LogP contribution in [0.15, 0.2) is 0 Å². The van der Waals surface area contributed by atoms with Crippen molar-refractivity contribution in [2.75, 3.05) is 26.2 Å². The third-order valence-electron chi connectivity index (χ3n) is 3.96. The molecule has 0 aromatic rings. The molecule has 2 aliphatic rings. The van der Waals surface area contributed by atoms with Crippen molar-refractivity contribution < 1.29 is 9.90 Å². The molecule has 1 N–H and O–H groups in total. The van der Waals surface area contributed by atoms with E-state index < -0.39 is 0 Å². The van der Waals surface area contributed by atoms with Crippen LogP contribution in [0.1, 0.15) is 39.0 Å². The molecule has 0 saturated carbocycles. The summed E-state index contributed by atoms with van der Waals surface area (Å²) < 4.78 is 0. The van der Waals surface area contributed by atoms with Crippen LogP contribution in [0.3, 0.4) is 0 Å². The Balaban J connectivity index is 1.83. The van der Waals surface area contributed by atoms with E-state index in [4.69, 9.17) is 0 Å². The summed E-state index contributed by atoms with van der Waals surface area (Å²) in [6.07, 6.45) is 5.16. The van der Waals surface area contributed by atoms with Gasteiger partial charge in [-0.3, -0.25) is 9.69 Å². The zero-order valence-corrected chi connectivity index (χ0v) is 10.8. The van der Waals surface area contributed by atoms with Gasteiger partial charge in [-0.25, -0.2) is 0 Å². The normalized spacial score (nSPS) is 31.5. The summed E-state index contributed by atoms with van der Waals surface area (Å²) in [5.41, 5.74) is 0. The Kier molecular flexibility index (Phi) is 4.40. The van der Waals surface area contributed by atoms with Crippen molar-refractivity contribution in [3.05, 3.63) is 0 Å². The molecule has 2 atom stereocenters. The zero-order chi connectivity index (χ0) is 12.3. The van der Waals surface area contributed by atoms with Gasteiger partial charge in [0.1, 0.15) is 0 Å². The quantitative estimate of drug-likeness (QED) is 0.778. The molecule has 0 aromatic heterocycles. The molecule has 2 fully saturated rings. The van der Waals surface area contributed by atoms with Gasteiger partial charge < -0.3 is 10.0 Å². The van der Waals surface area contributed by atoms with Crippen molar-refractivity contribution in [2.45, 2.75) is 51.2 Å². The van der Waals surface area contributed by atoms with Crippen molar-refractivity contribution >= 4 is 5.91 Å². The number of likely N-dealkylation sites (tertiary alicyclic amines) is 2. The van der Waals surface area contributed by atoms with Gasteiger partial charge in [0.15, 0.2) is 0 Å². The summed E-state index contributed by atoms with van der Waals surface area (Å²) in [6, 6.07) is 0.394. The number of hydrogen-bond acceptors (Lipinski definition) is 3. The molecule has 2 saturated heterocycles. The highest BCUT2D eigenvalue weighted by atomic mass is 16.3. The number of amides is 1. The van der Waals surface area contributed by atoms with E-state index in [0.29, 0.717) is 19.1 Å². The summed E-state index contributed by atoms with van der Waals surface area (Å²) in [6.45, 7) is 5.15. The van der Waals surface area contributed by atoms with Crippen LogP contribution in [0.25, 0.3) is 0 Å². The van der Waals surface area contributed by atoms with E-state index in [0.717, 1.165) is 38.8 Å². The maximum Gasteiger partial charge on any atom is 0.236 e. The Labute approximate surface area is 104 Å². The number of rotatable bonds is 2. The first kappa shape index (κ1) is 12.8. The van der Waals surface area contributed by atoms with Crippen molar-refractivity contribution in [1.29, 1.82) is 0 Å². The monoisotopic (exact) mass is 240 g/mol. The van der Waals surface area contributed by atoms with Crippen LogP contribution in [0, 0.1) is 0 Å². The highest BCUT2D eigenvalue weighted by molar-refractivity contribution is 5.78. The Morgan fingerprint density at radius 3 is 2.76 bits per heavy atom. The van der Waals surface area contributed by atoms with Crippen molar-refractivity contribution in [2.24, 2.45) is 0 Å². The third kappa shape index (κ3) is 3.42. The van der Waals surface area contributed by atoms with Crippen LogP contribution in [-0.4, -0.2) is 59.1 Å². The molecule has 2 aliphatic heterocycles. The predicted octanol–water partition coefficient (Wildman–Crippen LogP) is 0.844. The molecule has 0 radical (unpaired) electrons. The van der Waals surface area contributed by atoms with E-state index in [1.54, 1.807) is 0 Å². The number of nitrogens with zero attached hydrogens (tertiary/aromatic N) is 2. The molecule has 4 nitrogen and oxygen atoms in total. The maximum atomic E-state index is 12.2. The number of hydrogen-bond donors (Lipinski definition) is 1. The number of β-amino-alcohol motifs (C(OH)–C–C–N with tert-alkyl or cyclic N) is 1. The molecule has 1 amide bonds. The van der Waals surface area contributed by atoms with Crippen LogP contribution in [-0.2, 0) is 4.79 Å². The predicted molar refractivity (Wildman–Crippen MR) is 66.7 cm³/mol. The number of aliphatic hydroxyl groups is 1. The minimum Gasteiger partial charge on any atom is -0.392 e. The van der Waals surface area contributed by atoms with Crippen LogP contribution < -0.4 is 0 Å². The molecule has 2 heterocycles. The first-order valence-corrected chi connectivity index (χ1v) is 6.86. The lowest BCUT2D eigenvalue weighted by Crippen LogP contribution is -2.49. The van der Waals surface area contributed by atoms with Crippen LogP contribution in [0.5, 0.6) is 0 Å². The van der Waals surface area contributed by atoms with Gasteiger partial charge in [0.25, 0.3) is 0 Å². The van der Waals surface area contributed by atoms with Crippen LogP contribution in [0.4, 0.5) is 0 Å².